The summed E-state index contributed by atoms with van der Waals surface area (Å²) in [5.74, 6) is 1.32. The number of hydrogen-bond donors (Lipinski definition) is 0. The Hall–Kier alpha value is -1.64. The molecular formula is C17H22N2O4S2. The lowest BCUT2D eigenvalue weighted by atomic mass is 10.0. The first-order valence-corrected chi connectivity index (χ1v) is 10.3. The highest BCUT2D eigenvalue weighted by Crippen LogP contribution is 2.42. The van der Waals surface area contributed by atoms with Gasteiger partial charge in [0.1, 0.15) is 11.5 Å². The molecule has 1 aromatic heterocycles. The monoisotopic (exact) mass is 382 g/mol. The largest absolute Gasteiger partial charge is 0.497 e. The van der Waals surface area contributed by atoms with Crippen LogP contribution in [0.4, 0.5) is 0 Å². The van der Waals surface area contributed by atoms with Crippen molar-refractivity contribution in [1.29, 1.82) is 0 Å². The van der Waals surface area contributed by atoms with Crippen molar-refractivity contribution in [3.05, 3.63) is 34.5 Å². The van der Waals surface area contributed by atoms with Crippen molar-refractivity contribution in [2.24, 2.45) is 0 Å². The van der Waals surface area contributed by atoms with Crippen molar-refractivity contribution in [3.63, 3.8) is 0 Å². The average Bonchev–Trinajstić information content (AvgIpc) is 3.21. The molecule has 0 amide bonds. The van der Waals surface area contributed by atoms with Gasteiger partial charge in [0.05, 0.1) is 31.0 Å². The minimum Gasteiger partial charge on any atom is -0.497 e. The van der Waals surface area contributed by atoms with Crippen molar-refractivity contribution in [2.45, 2.75) is 36.9 Å². The standard InChI is InChI=1S/C17H22N2O4S2/c1-11-17(24-12(2)18-11)25(20,21)19-9-5-6-15(19)14-8-7-13(22-3)10-16(14)23-4/h7-8,10,15H,5-6,9H2,1-4H3/t15-/m1/s1. The van der Waals surface area contributed by atoms with Crippen molar-refractivity contribution in [3.8, 4) is 11.5 Å². The Morgan fingerprint density at radius 3 is 2.60 bits per heavy atom. The zero-order valence-corrected chi connectivity index (χ0v) is 16.4. The number of hydrogen-bond acceptors (Lipinski definition) is 6. The van der Waals surface area contributed by atoms with E-state index < -0.39 is 10.0 Å². The van der Waals surface area contributed by atoms with Crippen LogP contribution in [0.2, 0.25) is 0 Å². The summed E-state index contributed by atoms with van der Waals surface area (Å²) < 4.78 is 39.1. The van der Waals surface area contributed by atoms with Gasteiger partial charge in [0.2, 0.25) is 0 Å². The predicted octanol–water partition coefficient (Wildman–Crippen LogP) is 3.30. The number of rotatable bonds is 5. The number of benzene rings is 1. The van der Waals surface area contributed by atoms with E-state index in [0.29, 0.717) is 27.9 Å². The summed E-state index contributed by atoms with van der Waals surface area (Å²) in [7, 11) is -0.405. The highest BCUT2D eigenvalue weighted by molar-refractivity contribution is 7.91. The lowest BCUT2D eigenvalue weighted by Gasteiger charge is -2.25. The molecule has 0 N–H and O–H groups in total. The molecule has 8 heteroatoms. The van der Waals surface area contributed by atoms with Gasteiger partial charge in [-0.05, 0) is 32.8 Å². The second-order valence-electron chi connectivity index (χ2n) is 5.99. The Morgan fingerprint density at radius 1 is 1.24 bits per heavy atom. The van der Waals surface area contributed by atoms with E-state index in [9.17, 15) is 8.42 Å². The number of ether oxygens (including phenoxy) is 2. The van der Waals surface area contributed by atoms with E-state index in [1.54, 1.807) is 31.5 Å². The summed E-state index contributed by atoms with van der Waals surface area (Å²) in [6, 6.07) is 5.28. The van der Waals surface area contributed by atoms with Crippen LogP contribution in [0, 0.1) is 13.8 Å². The minimum absolute atomic E-state index is 0.243. The van der Waals surface area contributed by atoms with Gasteiger partial charge in [-0.25, -0.2) is 13.4 Å². The van der Waals surface area contributed by atoms with Crippen molar-refractivity contribution in [1.82, 2.24) is 9.29 Å². The first-order valence-electron chi connectivity index (χ1n) is 8.06. The lowest BCUT2D eigenvalue weighted by Crippen LogP contribution is -2.30. The van der Waals surface area contributed by atoms with E-state index in [-0.39, 0.29) is 6.04 Å². The van der Waals surface area contributed by atoms with E-state index in [2.05, 4.69) is 4.98 Å². The summed E-state index contributed by atoms with van der Waals surface area (Å²) in [5.41, 5.74) is 1.43. The smallest absolute Gasteiger partial charge is 0.255 e. The van der Waals surface area contributed by atoms with Gasteiger partial charge in [0.25, 0.3) is 10.0 Å². The van der Waals surface area contributed by atoms with Crippen molar-refractivity contribution < 1.29 is 17.9 Å². The molecular weight excluding hydrogens is 360 g/mol. The van der Waals surface area contributed by atoms with Crippen LogP contribution in [0.5, 0.6) is 11.5 Å². The fourth-order valence-corrected chi connectivity index (χ4v) is 6.56. The highest BCUT2D eigenvalue weighted by atomic mass is 32.2. The molecule has 2 heterocycles. The third kappa shape index (κ3) is 3.26. The number of methoxy groups -OCH3 is 2. The Balaban J connectivity index is 2.02. The Bertz CT molecular complexity index is 877. The van der Waals surface area contributed by atoms with Gasteiger partial charge in [-0.3, -0.25) is 0 Å². The molecule has 1 aliphatic heterocycles. The van der Waals surface area contributed by atoms with Crippen molar-refractivity contribution >= 4 is 21.4 Å². The fourth-order valence-electron chi connectivity index (χ4n) is 3.29. The SMILES string of the molecule is COc1ccc([C@H]2CCCN2S(=O)(=O)c2sc(C)nc2C)c(OC)c1. The summed E-state index contributed by atoms with van der Waals surface area (Å²) in [4.78, 5) is 4.27. The van der Waals surface area contributed by atoms with Gasteiger partial charge in [0, 0.05) is 18.2 Å². The zero-order valence-electron chi connectivity index (χ0n) is 14.8. The highest BCUT2D eigenvalue weighted by Gasteiger charge is 2.39. The van der Waals surface area contributed by atoms with Gasteiger partial charge >= 0.3 is 0 Å². The van der Waals surface area contributed by atoms with Crippen LogP contribution in [0.15, 0.2) is 22.4 Å². The Morgan fingerprint density at radius 2 is 2.00 bits per heavy atom. The number of sulfonamides is 1. The van der Waals surface area contributed by atoms with E-state index in [4.69, 9.17) is 9.47 Å². The van der Waals surface area contributed by atoms with Gasteiger partial charge in [-0.2, -0.15) is 4.31 Å². The maximum atomic E-state index is 13.2. The van der Waals surface area contributed by atoms with Crippen LogP contribution in [-0.2, 0) is 10.0 Å². The zero-order chi connectivity index (χ0) is 18.2. The lowest BCUT2D eigenvalue weighted by molar-refractivity contribution is 0.361. The van der Waals surface area contributed by atoms with Crippen molar-refractivity contribution in [2.75, 3.05) is 20.8 Å². The summed E-state index contributed by atoms with van der Waals surface area (Å²) in [6.07, 6.45) is 1.58. The molecule has 0 bridgehead atoms. The van der Waals surface area contributed by atoms with Gasteiger partial charge in [0.15, 0.2) is 4.21 Å². The molecule has 0 unspecified atom stereocenters. The molecule has 25 heavy (non-hydrogen) atoms. The number of aryl methyl sites for hydroxylation is 2. The Kier molecular flexibility index (Phi) is 5.04. The second-order valence-corrected chi connectivity index (χ2v) is 9.28. The molecule has 136 valence electrons. The second kappa shape index (κ2) is 6.93. The molecule has 1 fully saturated rings. The van der Waals surface area contributed by atoms with Crippen LogP contribution in [0.25, 0.3) is 0 Å². The van der Waals surface area contributed by atoms with E-state index >= 15 is 0 Å². The number of thiazole rings is 1. The molecule has 2 aromatic rings. The third-order valence-corrected chi connectivity index (χ3v) is 7.98. The maximum Gasteiger partial charge on any atom is 0.255 e. The van der Waals surface area contributed by atoms with Crippen LogP contribution in [-0.4, -0.2) is 38.5 Å². The Labute approximate surface area is 152 Å². The molecule has 1 aromatic carbocycles. The number of nitrogens with zero attached hydrogens (tertiary/aromatic N) is 2. The molecule has 6 nitrogen and oxygen atoms in total. The maximum absolute atomic E-state index is 13.2. The van der Waals surface area contributed by atoms with Crippen LogP contribution in [0.1, 0.15) is 35.1 Å². The topological polar surface area (TPSA) is 68.7 Å². The minimum atomic E-state index is -3.58. The molecule has 1 saturated heterocycles. The van der Waals surface area contributed by atoms with Gasteiger partial charge in [-0.1, -0.05) is 6.07 Å². The van der Waals surface area contributed by atoms with E-state index in [0.717, 1.165) is 23.4 Å². The van der Waals surface area contributed by atoms with E-state index in [1.165, 1.54) is 11.3 Å². The predicted molar refractivity (Wildman–Crippen MR) is 97.0 cm³/mol. The van der Waals surface area contributed by atoms with E-state index in [1.807, 2.05) is 19.1 Å². The van der Waals surface area contributed by atoms with Gasteiger partial charge in [-0.15, -0.1) is 11.3 Å². The normalized spacial score (nSPS) is 18.5. The van der Waals surface area contributed by atoms with Crippen LogP contribution < -0.4 is 9.47 Å². The molecule has 3 rings (SSSR count). The van der Waals surface area contributed by atoms with Gasteiger partial charge < -0.3 is 9.47 Å². The first kappa shape index (κ1) is 18.2. The third-order valence-electron chi connectivity index (χ3n) is 4.41. The van der Waals surface area contributed by atoms with Crippen LogP contribution >= 0.6 is 11.3 Å². The molecule has 1 atom stereocenters. The molecule has 0 radical (unpaired) electrons. The molecule has 1 aliphatic rings. The fraction of sp³-hybridized carbons (Fsp3) is 0.471. The number of aromatic nitrogens is 1. The quantitative estimate of drug-likeness (QED) is 0.794. The molecule has 0 spiro atoms. The average molecular weight is 383 g/mol. The molecule has 0 saturated carbocycles. The summed E-state index contributed by atoms with van der Waals surface area (Å²) in [5, 5.41) is 0.758. The first-order chi connectivity index (χ1) is 11.9. The van der Waals surface area contributed by atoms with Crippen LogP contribution in [0.3, 0.4) is 0 Å². The molecule has 0 aliphatic carbocycles. The summed E-state index contributed by atoms with van der Waals surface area (Å²) >= 11 is 1.23. The summed E-state index contributed by atoms with van der Waals surface area (Å²) in [6.45, 7) is 4.07.